The van der Waals surface area contributed by atoms with Crippen LogP contribution in [0, 0.1) is 5.92 Å². The molecule has 0 atom stereocenters. The van der Waals surface area contributed by atoms with E-state index in [2.05, 4.69) is 40.5 Å². The first-order chi connectivity index (χ1) is 16.1. The lowest BCUT2D eigenvalue weighted by Gasteiger charge is -2.32. The van der Waals surface area contributed by atoms with E-state index in [1.54, 1.807) is 12.1 Å². The molecular formula is C26H36ClN3O2S. The van der Waals surface area contributed by atoms with E-state index in [9.17, 15) is 4.79 Å². The monoisotopic (exact) mass is 489 g/mol. The van der Waals surface area contributed by atoms with E-state index in [4.69, 9.17) is 22.1 Å². The van der Waals surface area contributed by atoms with Crippen molar-refractivity contribution >= 4 is 35.0 Å². The number of amides is 1. The first kappa shape index (κ1) is 25.7. The van der Waals surface area contributed by atoms with Gasteiger partial charge in [-0.05, 0) is 68.6 Å². The van der Waals surface area contributed by atoms with E-state index in [-0.39, 0.29) is 5.91 Å². The number of hydrogen-bond acceptors (Lipinski definition) is 5. The Bertz CT molecular complexity index is 873. The Morgan fingerprint density at radius 2 is 1.94 bits per heavy atom. The maximum atomic E-state index is 12.6. The molecule has 0 saturated carbocycles. The second-order valence-electron chi connectivity index (χ2n) is 8.67. The van der Waals surface area contributed by atoms with Gasteiger partial charge in [0.25, 0.3) is 5.91 Å². The molecule has 1 aliphatic rings. The number of carbonyl (C=O) groups is 1. The first-order valence-corrected chi connectivity index (χ1v) is 13.4. The molecule has 33 heavy (non-hydrogen) atoms. The zero-order chi connectivity index (χ0) is 23.5. The number of rotatable bonds is 12. The minimum Gasteiger partial charge on any atom is -0.496 e. The molecule has 3 N–H and O–H groups in total. The highest BCUT2D eigenvalue weighted by molar-refractivity contribution is 7.98. The van der Waals surface area contributed by atoms with Crippen molar-refractivity contribution in [2.45, 2.75) is 37.9 Å². The topological polar surface area (TPSA) is 67.6 Å². The van der Waals surface area contributed by atoms with Crippen LogP contribution in [0.5, 0.6) is 5.75 Å². The number of benzene rings is 2. The number of halogens is 1. The summed E-state index contributed by atoms with van der Waals surface area (Å²) < 4.78 is 5.29. The van der Waals surface area contributed by atoms with Crippen LogP contribution in [0.4, 0.5) is 5.69 Å². The maximum Gasteiger partial charge on any atom is 0.255 e. The number of methoxy groups -OCH3 is 1. The smallest absolute Gasteiger partial charge is 0.255 e. The molecule has 1 fully saturated rings. The Morgan fingerprint density at radius 1 is 1.18 bits per heavy atom. The number of hydrogen-bond donors (Lipinski definition) is 2. The number of nitrogens with one attached hydrogen (secondary N) is 1. The fraction of sp³-hybridized carbons (Fsp3) is 0.500. The summed E-state index contributed by atoms with van der Waals surface area (Å²) in [6.45, 7) is 4.08. The van der Waals surface area contributed by atoms with Crippen molar-refractivity contribution in [3.8, 4) is 5.75 Å². The van der Waals surface area contributed by atoms with Crippen molar-refractivity contribution in [1.29, 1.82) is 0 Å². The van der Waals surface area contributed by atoms with E-state index < -0.39 is 0 Å². The van der Waals surface area contributed by atoms with Crippen LogP contribution in [0.1, 0.15) is 48.0 Å². The van der Waals surface area contributed by atoms with Gasteiger partial charge in [0.2, 0.25) is 0 Å². The van der Waals surface area contributed by atoms with E-state index in [1.807, 2.05) is 11.8 Å². The van der Waals surface area contributed by atoms with Gasteiger partial charge in [0.1, 0.15) is 5.75 Å². The molecule has 3 rings (SSSR count). The SMILES string of the molecule is COc1cc(N)c(Cl)cc1C(=O)NCC1CCN(CCCCCSCc2ccccc2)CC1. The highest BCUT2D eigenvalue weighted by Crippen LogP contribution is 2.29. The molecular weight excluding hydrogens is 454 g/mol. The van der Waals surface area contributed by atoms with Crippen molar-refractivity contribution in [2.75, 3.05) is 44.8 Å². The molecule has 7 heteroatoms. The molecule has 0 aromatic heterocycles. The van der Waals surface area contributed by atoms with Gasteiger partial charge < -0.3 is 20.7 Å². The van der Waals surface area contributed by atoms with Crippen LogP contribution in [0.15, 0.2) is 42.5 Å². The summed E-state index contributed by atoms with van der Waals surface area (Å²) in [6.07, 6.45) is 6.09. The molecule has 0 radical (unpaired) electrons. The second kappa shape index (κ2) is 13.7. The lowest BCUT2D eigenvalue weighted by atomic mass is 9.96. The van der Waals surface area contributed by atoms with Gasteiger partial charge in [-0.2, -0.15) is 11.8 Å². The Hall–Kier alpha value is -1.89. The number of nitrogen functional groups attached to an aromatic ring is 1. The molecule has 1 aliphatic heterocycles. The van der Waals surface area contributed by atoms with Crippen LogP contribution in [0.3, 0.4) is 0 Å². The van der Waals surface area contributed by atoms with E-state index >= 15 is 0 Å². The summed E-state index contributed by atoms with van der Waals surface area (Å²) in [5.74, 6) is 3.14. The average molecular weight is 490 g/mol. The Kier molecular flexibility index (Phi) is 10.7. The van der Waals surface area contributed by atoms with Gasteiger partial charge in [0.15, 0.2) is 0 Å². The number of carbonyl (C=O) groups excluding carboxylic acids is 1. The van der Waals surface area contributed by atoms with Crippen LogP contribution in [0.25, 0.3) is 0 Å². The first-order valence-electron chi connectivity index (χ1n) is 11.8. The number of piperidine rings is 1. The largest absolute Gasteiger partial charge is 0.496 e. The quantitative estimate of drug-likeness (QED) is 0.305. The molecule has 1 heterocycles. The second-order valence-corrected chi connectivity index (χ2v) is 10.2. The minimum atomic E-state index is -0.165. The van der Waals surface area contributed by atoms with E-state index in [0.29, 0.717) is 34.5 Å². The highest BCUT2D eigenvalue weighted by Gasteiger charge is 2.21. The Morgan fingerprint density at radius 3 is 2.67 bits per heavy atom. The molecule has 2 aromatic carbocycles. The van der Waals surface area contributed by atoms with Gasteiger partial charge >= 0.3 is 0 Å². The normalized spacial score (nSPS) is 14.8. The summed E-state index contributed by atoms with van der Waals surface area (Å²) in [5, 5.41) is 3.41. The summed E-state index contributed by atoms with van der Waals surface area (Å²) in [6, 6.07) is 13.9. The number of thioether (sulfide) groups is 1. The number of nitrogens with zero attached hydrogens (tertiary/aromatic N) is 1. The van der Waals surface area contributed by atoms with Crippen LogP contribution in [-0.4, -0.2) is 49.8 Å². The van der Waals surface area contributed by atoms with Gasteiger partial charge in [-0.3, -0.25) is 4.79 Å². The number of unbranched alkanes of at least 4 members (excludes halogenated alkanes) is 2. The molecule has 1 amide bonds. The maximum absolute atomic E-state index is 12.6. The molecule has 180 valence electrons. The zero-order valence-electron chi connectivity index (χ0n) is 19.5. The molecule has 0 spiro atoms. The van der Waals surface area contributed by atoms with Crippen molar-refractivity contribution in [1.82, 2.24) is 10.2 Å². The van der Waals surface area contributed by atoms with Crippen LogP contribution < -0.4 is 15.8 Å². The molecule has 0 unspecified atom stereocenters. The fourth-order valence-electron chi connectivity index (χ4n) is 4.14. The lowest BCUT2D eigenvalue weighted by molar-refractivity contribution is 0.0933. The fourth-order valence-corrected chi connectivity index (χ4v) is 5.29. The summed E-state index contributed by atoms with van der Waals surface area (Å²) >= 11 is 8.12. The third-order valence-electron chi connectivity index (χ3n) is 6.20. The number of likely N-dealkylation sites (tertiary alicyclic amines) is 1. The van der Waals surface area contributed by atoms with Crippen LogP contribution >= 0.6 is 23.4 Å². The number of anilines is 1. The van der Waals surface area contributed by atoms with Gasteiger partial charge in [-0.25, -0.2) is 0 Å². The van der Waals surface area contributed by atoms with E-state index in [1.165, 1.54) is 44.2 Å². The third-order valence-corrected chi connectivity index (χ3v) is 7.64. The zero-order valence-corrected chi connectivity index (χ0v) is 21.1. The summed E-state index contributed by atoms with van der Waals surface area (Å²) in [7, 11) is 1.53. The van der Waals surface area contributed by atoms with Crippen molar-refractivity contribution in [2.24, 2.45) is 5.92 Å². The van der Waals surface area contributed by atoms with Gasteiger partial charge in [-0.15, -0.1) is 0 Å². The van der Waals surface area contributed by atoms with Crippen LogP contribution in [0.2, 0.25) is 5.02 Å². The molecule has 1 saturated heterocycles. The molecule has 5 nitrogen and oxygen atoms in total. The number of nitrogens with two attached hydrogens (primary N) is 1. The van der Waals surface area contributed by atoms with Gasteiger partial charge in [0.05, 0.1) is 23.4 Å². The summed E-state index contributed by atoms with van der Waals surface area (Å²) in [5.41, 5.74) is 8.05. The van der Waals surface area contributed by atoms with E-state index in [0.717, 1.165) is 31.7 Å². The van der Waals surface area contributed by atoms with Crippen LogP contribution in [-0.2, 0) is 5.75 Å². The number of ether oxygens (including phenoxy) is 1. The standard InChI is InChI=1S/C26H36ClN3O2S/c1-32-25-17-24(28)23(27)16-22(25)26(31)29-18-20-10-13-30(14-11-20)12-6-3-7-15-33-19-21-8-4-2-5-9-21/h2,4-5,8-9,16-17,20H,3,6-7,10-15,18-19,28H2,1H3,(H,29,31). The van der Waals surface area contributed by atoms with Crippen molar-refractivity contribution < 1.29 is 9.53 Å². The van der Waals surface area contributed by atoms with Crippen molar-refractivity contribution in [3.05, 3.63) is 58.6 Å². The molecule has 2 aromatic rings. The summed E-state index contributed by atoms with van der Waals surface area (Å²) in [4.78, 5) is 15.2. The average Bonchev–Trinajstić information content (AvgIpc) is 2.84. The molecule has 0 bridgehead atoms. The third kappa shape index (κ3) is 8.43. The highest BCUT2D eigenvalue weighted by atomic mass is 35.5. The predicted molar refractivity (Wildman–Crippen MR) is 140 cm³/mol. The Balaban J connectivity index is 1.26. The molecule has 0 aliphatic carbocycles. The van der Waals surface area contributed by atoms with Crippen molar-refractivity contribution in [3.63, 3.8) is 0 Å². The van der Waals surface area contributed by atoms with Gasteiger partial charge in [-0.1, -0.05) is 48.4 Å². The van der Waals surface area contributed by atoms with Gasteiger partial charge in [0, 0.05) is 18.4 Å². The predicted octanol–water partition coefficient (Wildman–Crippen LogP) is 5.48. The Labute approximate surface area is 207 Å². The lowest BCUT2D eigenvalue weighted by Crippen LogP contribution is -2.39. The minimum absolute atomic E-state index is 0.165.